The molecule has 0 N–H and O–H groups in total. The summed E-state index contributed by atoms with van der Waals surface area (Å²) in [5, 5.41) is 0.855. The first kappa shape index (κ1) is 13.1. The molecular weight excluding hydrogens is 277 g/mol. The molecule has 1 saturated carbocycles. The van der Waals surface area contributed by atoms with Gasteiger partial charge in [-0.05, 0) is 12.8 Å². The number of aromatic nitrogens is 2. The summed E-state index contributed by atoms with van der Waals surface area (Å²) in [6.07, 6.45) is -1.78. The molecule has 1 aliphatic heterocycles. The highest BCUT2D eigenvalue weighted by Gasteiger charge is 2.33. The predicted molar refractivity (Wildman–Crippen MR) is 66.6 cm³/mol. The fraction of sp³-hybridized carbons (Fsp3) is 0.818. The molecule has 0 aromatic carbocycles. The molecule has 0 atom stereocenters. The maximum absolute atomic E-state index is 12.3. The second kappa shape index (κ2) is 4.90. The van der Waals surface area contributed by atoms with Gasteiger partial charge in [0, 0.05) is 43.6 Å². The lowest BCUT2D eigenvalue weighted by atomic mass is 10.3. The van der Waals surface area contributed by atoms with Crippen LogP contribution < -0.4 is 4.90 Å². The van der Waals surface area contributed by atoms with Crippen LogP contribution >= 0.6 is 11.5 Å². The Morgan fingerprint density at radius 2 is 1.84 bits per heavy atom. The Balaban J connectivity index is 1.54. The smallest absolute Gasteiger partial charge is 0.344 e. The molecule has 0 spiro atoms. The van der Waals surface area contributed by atoms with E-state index in [2.05, 4.69) is 9.36 Å². The van der Waals surface area contributed by atoms with Crippen LogP contribution in [0.4, 0.5) is 18.3 Å². The van der Waals surface area contributed by atoms with E-state index in [0.29, 0.717) is 32.1 Å². The fourth-order valence-corrected chi connectivity index (χ4v) is 3.01. The average molecular weight is 292 g/mol. The first-order valence-electron chi connectivity index (χ1n) is 6.39. The molecule has 1 aromatic heterocycles. The van der Waals surface area contributed by atoms with E-state index >= 15 is 0 Å². The highest BCUT2D eigenvalue weighted by Crippen LogP contribution is 2.39. The zero-order valence-corrected chi connectivity index (χ0v) is 11.2. The third kappa shape index (κ3) is 3.36. The van der Waals surface area contributed by atoms with Gasteiger partial charge < -0.3 is 4.90 Å². The molecule has 0 radical (unpaired) electrons. The second-order valence-corrected chi connectivity index (χ2v) is 5.82. The van der Waals surface area contributed by atoms with Crippen LogP contribution in [-0.4, -0.2) is 53.2 Å². The summed E-state index contributed by atoms with van der Waals surface area (Å²) in [4.78, 5) is 7.97. The van der Waals surface area contributed by atoms with Crippen molar-refractivity contribution in [3.05, 3.63) is 5.82 Å². The van der Waals surface area contributed by atoms with Crippen LogP contribution in [0.5, 0.6) is 0 Å². The molecule has 8 heteroatoms. The molecule has 106 valence electrons. The van der Waals surface area contributed by atoms with Gasteiger partial charge in [-0.3, -0.25) is 4.90 Å². The Morgan fingerprint density at radius 3 is 2.42 bits per heavy atom. The van der Waals surface area contributed by atoms with Crippen molar-refractivity contribution in [2.24, 2.45) is 0 Å². The van der Waals surface area contributed by atoms with Crippen LogP contribution in [0.15, 0.2) is 0 Å². The van der Waals surface area contributed by atoms with E-state index in [1.165, 1.54) is 16.4 Å². The fourth-order valence-electron chi connectivity index (χ4n) is 2.21. The number of halogens is 3. The van der Waals surface area contributed by atoms with Crippen molar-refractivity contribution in [3.63, 3.8) is 0 Å². The zero-order valence-electron chi connectivity index (χ0n) is 10.4. The summed E-state index contributed by atoms with van der Waals surface area (Å²) < 4.78 is 41.2. The number of alkyl halides is 3. The number of anilines is 1. The number of nitrogens with zero attached hydrogens (tertiary/aromatic N) is 4. The van der Waals surface area contributed by atoms with Crippen molar-refractivity contribution in [3.8, 4) is 0 Å². The van der Waals surface area contributed by atoms with Gasteiger partial charge in [0.25, 0.3) is 0 Å². The molecular formula is C11H15F3N4S. The van der Waals surface area contributed by atoms with Gasteiger partial charge in [-0.2, -0.15) is 17.5 Å². The van der Waals surface area contributed by atoms with Gasteiger partial charge in [0.1, 0.15) is 5.82 Å². The molecule has 1 aromatic rings. The largest absolute Gasteiger partial charge is 0.401 e. The Labute approximate surface area is 113 Å². The lowest BCUT2D eigenvalue weighted by molar-refractivity contribution is -0.146. The van der Waals surface area contributed by atoms with Gasteiger partial charge in [0.15, 0.2) is 0 Å². The summed E-state index contributed by atoms with van der Waals surface area (Å²) in [6, 6.07) is 0. The highest BCUT2D eigenvalue weighted by atomic mass is 32.1. The predicted octanol–water partition coefficient (Wildman–Crippen LogP) is 2.10. The van der Waals surface area contributed by atoms with E-state index in [4.69, 9.17) is 0 Å². The number of hydrogen-bond acceptors (Lipinski definition) is 5. The topological polar surface area (TPSA) is 32.3 Å². The molecule has 3 rings (SSSR count). The lowest BCUT2D eigenvalue weighted by Crippen LogP contribution is -2.49. The van der Waals surface area contributed by atoms with E-state index in [9.17, 15) is 13.2 Å². The van der Waals surface area contributed by atoms with Gasteiger partial charge in [-0.25, -0.2) is 4.98 Å². The van der Waals surface area contributed by atoms with Gasteiger partial charge in [0.05, 0.1) is 6.54 Å². The summed E-state index contributed by atoms with van der Waals surface area (Å²) in [6.45, 7) is 1.23. The normalized spacial score (nSPS) is 21.9. The van der Waals surface area contributed by atoms with E-state index in [1.807, 2.05) is 4.90 Å². The molecule has 0 bridgehead atoms. The number of hydrogen-bond donors (Lipinski definition) is 0. The van der Waals surface area contributed by atoms with E-state index < -0.39 is 12.7 Å². The Hall–Kier alpha value is -0.890. The molecule has 19 heavy (non-hydrogen) atoms. The molecule has 2 heterocycles. The first-order valence-corrected chi connectivity index (χ1v) is 7.16. The Bertz CT molecular complexity index is 435. The van der Waals surface area contributed by atoms with Crippen molar-refractivity contribution >= 4 is 16.7 Å². The quantitative estimate of drug-likeness (QED) is 0.854. The standard InChI is InChI=1S/C11H15F3N4S/c12-11(13,14)7-17-3-5-18(6-4-17)10-15-9(16-19-10)8-1-2-8/h8H,1-7H2. The van der Waals surface area contributed by atoms with Crippen LogP contribution in [0.3, 0.4) is 0 Å². The van der Waals surface area contributed by atoms with Crippen molar-refractivity contribution in [1.82, 2.24) is 14.3 Å². The van der Waals surface area contributed by atoms with Crippen LogP contribution in [0.2, 0.25) is 0 Å². The average Bonchev–Trinajstić information content (AvgIpc) is 3.07. The molecule has 0 amide bonds. The molecule has 2 aliphatic rings. The summed E-state index contributed by atoms with van der Waals surface area (Å²) in [5.41, 5.74) is 0. The Morgan fingerprint density at radius 1 is 1.16 bits per heavy atom. The molecule has 4 nitrogen and oxygen atoms in total. The number of rotatable bonds is 3. The molecule has 2 fully saturated rings. The van der Waals surface area contributed by atoms with Crippen LogP contribution in [0, 0.1) is 0 Å². The minimum atomic E-state index is -4.11. The SMILES string of the molecule is FC(F)(F)CN1CCN(c2nc(C3CC3)ns2)CC1. The summed E-state index contributed by atoms with van der Waals surface area (Å²) >= 11 is 1.36. The highest BCUT2D eigenvalue weighted by molar-refractivity contribution is 7.09. The Kier molecular flexibility index (Phi) is 3.38. The first-order chi connectivity index (χ1) is 9.01. The zero-order chi connectivity index (χ0) is 13.5. The van der Waals surface area contributed by atoms with E-state index in [-0.39, 0.29) is 0 Å². The molecule has 1 saturated heterocycles. The summed E-state index contributed by atoms with van der Waals surface area (Å²) in [7, 11) is 0. The van der Waals surface area contributed by atoms with Crippen LogP contribution in [0.1, 0.15) is 24.6 Å². The summed E-state index contributed by atoms with van der Waals surface area (Å²) in [5.74, 6) is 1.44. The second-order valence-electron chi connectivity index (χ2n) is 5.09. The maximum Gasteiger partial charge on any atom is 0.401 e. The van der Waals surface area contributed by atoms with Crippen molar-refractivity contribution in [2.45, 2.75) is 24.9 Å². The number of piperazine rings is 1. The van der Waals surface area contributed by atoms with E-state index in [1.54, 1.807) is 0 Å². The van der Waals surface area contributed by atoms with Gasteiger partial charge in [0.2, 0.25) is 5.13 Å². The van der Waals surface area contributed by atoms with Crippen molar-refractivity contribution < 1.29 is 13.2 Å². The van der Waals surface area contributed by atoms with Crippen molar-refractivity contribution in [1.29, 1.82) is 0 Å². The maximum atomic E-state index is 12.3. The van der Waals surface area contributed by atoms with Crippen molar-refractivity contribution in [2.75, 3.05) is 37.6 Å². The third-order valence-corrected chi connectivity index (χ3v) is 4.21. The van der Waals surface area contributed by atoms with Gasteiger partial charge in [-0.15, -0.1) is 0 Å². The third-order valence-electron chi connectivity index (χ3n) is 3.42. The minimum absolute atomic E-state index is 0.428. The monoisotopic (exact) mass is 292 g/mol. The molecule has 0 unspecified atom stereocenters. The van der Waals surface area contributed by atoms with Gasteiger partial charge >= 0.3 is 6.18 Å². The lowest BCUT2D eigenvalue weighted by Gasteiger charge is -2.34. The minimum Gasteiger partial charge on any atom is -0.344 e. The van der Waals surface area contributed by atoms with E-state index in [0.717, 1.165) is 23.8 Å². The van der Waals surface area contributed by atoms with Crippen LogP contribution in [0.25, 0.3) is 0 Å². The van der Waals surface area contributed by atoms with Gasteiger partial charge in [-0.1, -0.05) is 0 Å². The van der Waals surface area contributed by atoms with Crippen LogP contribution in [-0.2, 0) is 0 Å². The molecule has 1 aliphatic carbocycles.